The summed E-state index contributed by atoms with van der Waals surface area (Å²) in [6.45, 7) is 12.5. The molecule has 0 amide bonds. The van der Waals surface area contributed by atoms with E-state index in [0.717, 1.165) is 29.6 Å². The molecule has 0 unspecified atom stereocenters. The highest BCUT2D eigenvalue weighted by molar-refractivity contribution is 7.98. The molecule has 0 saturated carbocycles. The van der Waals surface area contributed by atoms with Crippen molar-refractivity contribution in [3.8, 4) is 11.4 Å². The summed E-state index contributed by atoms with van der Waals surface area (Å²) in [5.74, 6) is 2.75. The highest BCUT2D eigenvalue weighted by atomic mass is 32.2. The molecule has 0 spiro atoms. The minimum absolute atomic E-state index is 0.148. The summed E-state index contributed by atoms with van der Waals surface area (Å²) >= 11 is 1.55. The summed E-state index contributed by atoms with van der Waals surface area (Å²) in [7, 11) is 1.98. The average Bonchev–Trinajstić information content (AvgIpc) is 3.28. The number of aromatic nitrogens is 5. The Hall–Kier alpha value is -2.35. The first kappa shape index (κ1) is 20.4. The monoisotopic (exact) mass is 400 g/mol. The topological polar surface area (TPSA) is 72.9 Å². The van der Waals surface area contributed by atoms with Crippen molar-refractivity contribution in [2.75, 3.05) is 18.0 Å². The second-order valence-corrected chi connectivity index (χ2v) is 8.58. The van der Waals surface area contributed by atoms with Crippen LogP contribution in [0.15, 0.2) is 33.9 Å². The maximum Gasteiger partial charge on any atom is 0.232 e. The fourth-order valence-electron chi connectivity index (χ4n) is 2.85. The van der Waals surface area contributed by atoms with Gasteiger partial charge in [-0.05, 0) is 38.1 Å². The van der Waals surface area contributed by atoms with Crippen molar-refractivity contribution in [3.05, 3.63) is 36.0 Å². The molecule has 0 N–H and O–H groups in total. The Balaban J connectivity index is 1.71. The van der Waals surface area contributed by atoms with E-state index in [-0.39, 0.29) is 5.41 Å². The average molecular weight is 401 g/mol. The molecule has 7 nitrogen and oxygen atoms in total. The van der Waals surface area contributed by atoms with Gasteiger partial charge in [-0.3, -0.25) is 0 Å². The SMILES string of the molecule is CCN(CC)c1ccc(-c2nnc(SCc3noc(C(C)(C)C)n3)n2C)cc1. The molecule has 0 radical (unpaired) electrons. The lowest BCUT2D eigenvalue weighted by molar-refractivity contribution is 0.319. The van der Waals surface area contributed by atoms with E-state index in [1.54, 1.807) is 11.8 Å². The van der Waals surface area contributed by atoms with Crippen molar-refractivity contribution in [3.63, 3.8) is 0 Å². The summed E-state index contributed by atoms with van der Waals surface area (Å²) in [6.07, 6.45) is 0. The van der Waals surface area contributed by atoms with Crippen molar-refractivity contribution < 1.29 is 4.52 Å². The Morgan fingerprint density at radius 3 is 2.32 bits per heavy atom. The number of thioether (sulfide) groups is 1. The zero-order valence-corrected chi connectivity index (χ0v) is 18.2. The molecule has 3 rings (SSSR count). The van der Waals surface area contributed by atoms with Gasteiger partial charge in [0, 0.05) is 36.8 Å². The van der Waals surface area contributed by atoms with Crippen LogP contribution in [0.25, 0.3) is 11.4 Å². The Bertz CT molecular complexity index is 906. The first-order valence-corrected chi connectivity index (χ1v) is 10.5. The van der Waals surface area contributed by atoms with Crippen molar-refractivity contribution in [1.29, 1.82) is 0 Å². The minimum atomic E-state index is -0.148. The quantitative estimate of drug-likeness (QED) is 0.547. The number of rotatable bonds is 7. The fourth-order valence-corrected chi connectivity index (χ4v) is 3.60. The van der Waals surface area contributed by atoms with Gasteiger partial charge >= 0.3 is 0 Å². The number of hydrogen-bond donors (Lipinski definition) is 0. The van der Waals surface area contributed by atoms with E-state index in [1.165, 1.54) is 5.69 Å². The Kier molecular flexibility index (Phi) is 6.07. The minimum Gasteiger partial charge on any atom is -0.372 e. The van der Waals surface area contributed by atoms with Crippen molar-refractivity contribution in [2.24, 2.45) is 7.05 Å². The lowest BCUT2D eigenvalue weighted by atomic mass is 9.97. The molecule has 28 heavy (non-hydrogen) atoms. The second-order valence-electron chi connectivity index (χ2n) is 7.64. The fraction of sp³-hybridized carbons (Fsp3) is 0.500. The molecule has 0 aliphatic heterocycles. The van der Waals surface area contributed by atoms with Crippen LogP contribution in [0.4, 0.5) is 5.69 Å². The third kappa shape index (κ3) is 4.38. The number of anilines is 1. The van der Waals surface area contributed by atoms with Crippen LogP contribution in [0.1, 0.15) is 46.3 Å². The summed E-state index contributed by atoms with van der Waals surface area (Å²) in [5.41, 5.74) is 2.12. The molecule has 0 aliphatic rings. The van der Waals surface area contributed by atoms with Gasteiger partial charge in [-0.1, -0.05) is 37.7 Å². The predicted molar refractivity (Wildman–Crippen MR) is 113 cm³/mol. The number of nitrogens with zero attached hydrogens (tertiary/aromatic N) is 6. The van der Waals surface area contributed by atoms with Crippen LogP contribution in [0.3, 0.4) is 0 Å². The van der Waals surface area contributed by atoms with E-state index in [1.807, 2.05) is 11.6 Å². The van der Waals surface area contributed by atoms with Gasteiger partial charge in [0.25, 0.3) is 0 Å². The standard InChI is InChI=1S/C20H28N6OS/c1-7-26(8-2)15-11-9-14(10-12-15)17-22-23-19(25(17)6)28-13-16-21-18(27-24-16)20(3,4)5/h9-12H,7-8,13H2,1-6H3. The first-order chi connectivity index (χ1) is 13.3. The van der Waals surface area contributed by atoms with Gasteiger partial charge in [-0.25, -0.2) is 0 Å². The maximum atomic E-state index is 5.35. The number of hydrogen-bond acceptors (Lipinski definition) is 7. The largest absolute Gasteiger partial charge is 0.372 e. The maximum absolute atomic E-state index is 5.35. The highest BCUT2D eigenvalue weighted by Gasteiger charge is 2.22. The van der Waals surface area contributed by atoms with Crippen molar-refractivity contribution in [2.45, 2.75) is 50.9 Å². The summed E-state index contributed by atoms with van der Waals surface area (Å²) < 4.78 is 7.35. The van der Waals surface area contributed by atoms with Crippen LogP contribution in [0.5, 0.6) is 0 Å². The van der Waals surface area contributed by atoms with Crippen LogP contribution >= 0.6 is 11.8 Å². The van der Waals surface area contributed by atoms with Crippen LogP contribution in [-0.2, 0) is 18.2 Å². The van der Waals surface area contributed by atoms with Gasteiger partial charge < -0.3 is 14.0 Å². The van der Waals surface area contributed by atoms with Crippen LogP contribution in [-0.4, -0.2) is 38.0 Å². The van der Waals surface area contributed by atoms with E-state index in [9.17, 15) is 0 Å². The molecule has 2 aromatic heterocycles. The molecule has 0 saturated heterocycles. The number of benzene rings is 1. The summed E-state index contributed by atoms with van der Waals surface area (Å²) in [4.78, 5) is 6.79. The first-order valence-electron chi connectivity index (χ1n) is 9.54. The molecule has 8 heteroatoms. The third-order valence-electron chi connectivity index (χ3n) is 4.53. The van der Waals surface area contributed by atoms with Crippen molar-refractivity contribution >= 4 is 17.4 Å². The predicted octanol–water partition coefficient (Wildman–Crippen LogP) is 4.30. The Labute approximate surface area is 170 Å². The Morgan fingerprint density at radius 2 is 1.75 bits per heavy atom. The van der Waals surface area contributed by atoms with E-state index in [4.69, 9.17) is 4.52 Å². The van der Waals surface area contributed by atoms with Crippen LogP contribution in [0, 0.1) is 0 Å². The van der Waals surface area contributed by atoms with Gasteiger partial charge in [0.15, 0.2) is 16.8 Å². The molecule has 0 bridgehead atoms. The second kappa shape index (κ2) is 8.34. The van der Waals surface area contributed by atoms with E-state index in [0.29, 0.717) is 17.5 Å². The van der Waals surface area contributed by atoms with Gasteiger partial charge in [0.1, 0.15) is 0 Å². The normalized spacial score (nSPS) is 11.8. The molecular weight excluding hydrogens is 372 g/mol. The molecule has 150 valence electrons. The van der Waals surface area contributed by atoms with E-state index < -0.39 is 0 Å². The van der Waals surface area contributed by atoms with Crippen molar-refractivity contribution in [1.82, 2.24) is 24.9 Å². The van der Waals surface area contributed by atoms with Crippen LogP contribution in [0.2, 0.25) is 0 Å². The Morgan fingerprint density at radius 1 is 1.07 bits per heavy atom. The lowest BCUT2D eigenvalue weighted by Gasteiger charge is -2.21. The summed E-state index contributed by atoms with van der Waals surface area (Å²) in [5, 5.41) is 13.6. The van der Waals surface area contributed by atoms with E-state index >= 15 is 0 Å². The smallest absolute Gasteiger partial charge is 0.232 e. The molecule has 1 aromatic carbocycles. The zero-order chi connectivity index (χ0) is 20.3. The molecular formula is C20H28N6OS. The van der Waals surface area contributed by atoms with Gasteiger partial charge in [0.05, 0.1) is 5.75 Å². The third-order valence-corrected chi connectivity index (χ3v) is 5.55. The van der Waals surface area contributed by atoms with Gasteiger partial charge in [-0.15, -0.1) is 10.2 Å². The molecule has 0 fully saturated rings. The van der Waals surface area contributed by atoms with Crippen LogP contribution < -0.4 is 4.90 Å². The van der Waals surface area contributed by atoms with E-state index in [2.05, 4.69) is 84.1 Å². The highest BCUT2D eigenvalue weighted by Crippen LogP contribution is 2.27. The lowest BCUT2D eigenvalue weighted by Crippen LogP contribution is -2.21. The molecule has 0 atom stereocenters. The van der Waals surface area contributed by atoms with Gasteiger partial charge in [-0.2, -0.15) is 4.98 Å². The summed E-state index contributed by atoms with van der Waals surface area (Å²) in [6, 6.07) is 8.47. The zero-order valence-electron chi connectivity index (χ0n) is 17.4. The molecule has 0 aliphatic carbocycles. The van der Waals surface area contributed by atoms with Gasteiger partial charge in [0.2, 0.25) is 5.89 Å². The molecule has 3 aromatic rings. The molecule has 2 heterocycles.